The van der Waals surface area contributed by atoms with Gasteiger partial charge in [0.2, 0.25) is 0 Å². The van der Waals surface area contributed by atoms with Crippen molar-refractivity contribution < 1.29 is 19.4 Å². The summed E-state index contributed by atoms with van der Waals surface area (Å²) in [7, 11) is 3.30. The predicted molar refractivity (Wildman–Crippen MR) is 74.4 cm³/mol. The van der Waals surface area contributed by atoms with Crippen LogP contribution in [0.4, 0.5) is 5.13 Å². The van der Waals surface area contributed by atoms with Crippen LogP contribution in [-0.4, -0.2) is 56.6 Å². The second-order valence-corrected chi connectivity index (χ2v) is 5.21. The number of aromatic nitrogens is 1. The van der Waals surface area contributed by atoms with Crippen LogP contribution in [0.5, 0.6) is 0 Å². The Balaban J connectivity index is 2.77. The van der Waals surface area contributed by atoms with E-state index in [-0.39, 0.29) is 5.69 Å². The fraction of sp³-hybridized carbons (Fsp3) is 0.667. The third-order valence-electron chi connectivity index (χ3n) is 2.60. The zero-order chi connectivity index (χ0) is 14.3. The van der Waals surface area contributed by atoms with Crippen LogP contribution in [0.15, 0.2) is 0 Å². The minimum atomic E-state index is -0.983. The summed E-state index contributed by atoms with van der Waals surface area (Å²) in [5.41, 5.74) is 0.133. The molecule has 0 radical (unpaired) electrons. The van der Waals surface area contributed by atoms with Crippen molar-refractivity contribution in [2.45, 2.75) is 13.3 Å². The van der Waals surface area contributed by atoms with E-state index in [2.05, 4.69) is 4.98 Å². The van der Waals surface area contributed by atoms with E-state index in [1.54, 1.807) is 21.1 Å². The molecular formula is C12H20N2O4S. The second kappa shape index (κ2) is 8.08. The number of carboxylic acids is 1. The highest BCUT2D eigenvalue weighted by Crippen LogP contribution is 2.25. The van der Waals surface area contributed by atoms with Crippen molar-refractivity contribution in [3.63, 3.8) is 0 Å². The molecule has 1 aromatic heterocycles. The molecule has 6 nitrogen and oxygen atoms in total. The van der Waals surface area contributed by atoms with Gasteiger partial charge in [-0.1, -0.05) is 0 Å². The van der Waals surface area contributed by atoms with Crippen LogP contribution in [0.25, 0.3) is 0 Å². The number of thiazole rings is 1. The fourth-order valence-corrected chi connectivity index (χ4v) is 2.57. The number of methoxy groups -OCH3 is 2. The lowest BCUT2D eigenvalue weighted by Crippen LogP contribution is -2.29. The van der Waals surface area contributed by atoms with E-state index in [1.165, 1.54) is 11.3 Å². The number of rotatable bonds is 9. The van der Waals surface area contributed by atoms with Gasteiger partial charge in [-0.25, -0.2) is 9.78 Å². The standard InChI is InChI=1S/C12H20N2O4S/c1-9-10(11(15)16)13-12(19-9)14(6-8-18-3)5-4-7-17-2/h4-8H2,1-3H3,(H,15,16). The molecule has 0 aliphatic carbocycles. The van der Waals surface area contributed by atoms with E-state index >= 15 is 0 Å². The van der Waals surface area contributed by atoms with Crippen molar-refractivity contribution in [1.29, 1.82) is 0 Å². The molecule has 0 amide bonds. The van der Waals surface area contributed by atoms with Gasteiger partial charge in [0.25, 0.3) is 0 Å². The molecule has 0 aliphatic rings. The van der Waals surface area contributed by atoms with Crippen LogP contribution >= 0.6 is 11.3 Å². The molecular weight excluding hydrogens is 268 g/mol. The van der Waals surface area contributed by atoms with Gasteiger partial charge in [0.1, 0.15) is 0 Å². The molecule has 7 heteroatoms. The molecule has 0 saturated carbocycles. The van der Waals surface area contributed by atoms with Crippen LogP contribution < -0.4 is 4.90 Å². The maximum absolute atomic E-state index is 11.0. The average molecular weight is 288 g/mol. The number of hydrogen-bond donors (Lipinski definition) is 1. The molecule has 0 unspecified atom stereocenters. The van der Waals surface area contributed by atoms with Crippen molar-refractivity contribution >= 4 is 22.4 Å². The minimum absolute atomic E-state index is 0.133. The highest BCUT2D eigenvalue weighted by atomic mass is 32.1. The van der Waals surface area contributed by atoms with E-state index in [1.807, 2.05) is 4.90 Å². The van der Waals surface area contributed by atoms with Gasteiger partial charge in [-0.3, -0.25) is 0 Å². The Bertz CT molecular complexity index is 408. The number of carboxylic acid groups (broad SMARTS) is 1. The number of nitrogens with zero attached hydrogens (tertiary/aromatic N) is 2. The number of ether oxygens (including phenoxy) is 2. The highest BCUT2D eigenvalue weighted by Gasteiger charge is 2.18. The van der Waals surface area contributed by atoms with Crippen LogP contribution in [0.2, 0.25) is 0 Å². The molecule has 1 rings (SSSR count). The molecule has 0 atom stereocenters. The number of hydrogen-bond acceptors (Lipinski definition) is 6. The number of anilines is 1. The third-order valence-corrected chi connectivity index (χ3v) is 3.63. The second-order valence-electron chi connectivity index (χ2n) is 4.03. The van der Waals surface area contributed by atoms with Crippen LogP contribution in [0.3, 0.4) is 0 Å². The lowest BCUT2D eigenvalue weighted by Gasteiger charge is -2.21. The predicted octanol–water partition coefficient (Wildman–Crippen LogP) is 1.64. The largest absolute Gasteiger partial charge is 0.476 e. The Labute approximate surface area is 117 Å². The molecule has 1 N–H and O–H groups in total. The summed E-state index contributed by atoms with van der Waals surface area (Å²) in [6, 6.07) is 0. The SMILES string of the molecule is COCCCN(CCOC)c1nc(C(=O)O)c(C)s1. The summed E-state index contributed by atoms with van der Waals surface area (Å²) in [4.78, 5) is 18.0. The monoisotopic (exact) mass is 288 g/mol. The van der Waals surface area contributed by atoms with Gasteiger partial charge < -0.3 is 19.5 Å². The topological polar surface area (TPSA) is 71.9 Å². The molecule has 0 spiro atoms. The number of carbonyl (C=O) groups is 1. The van der Waals surface area contributed by atoms with Crippen LogP contribution in [-0.2, 0) is 9.47 Å². The Kier molecular flexibility index (Phi) is 6.75. The summed E-state index contributed by atoms with van der Waals surface area (Å²) in [5, 5.41) is 9.76. The van der Waals surface area contributed by atoms with E-state index in [9.17, 15) is 4.79 Å². The van der Waals surface area contributed by atoms with Gasteiger partial charge in [0.15, 0.2) is 10.8 Å². The molecule has 0 saturated heterocycles. The van der Waals surface area contributed by atoms with E-state index < -0.39 is 5.97 Å². The fourth-order valence-electron chi connectivity index (χ4n) is 1.62. The van der Waals surface area contributed by atoms with Crippen LogP contribution in [0, 0.1) is 6.92 Å². The van der Waals surface area contributed by atoms with Crippen molar-refractivity contribution in [2.24, 2.45) is 0 Å². The molecule has 1 heterocycles. The van der Waals surface area contributed by atoms with Crippen molar-refractivity contribution in [1.82, 2.24) is 4.98 Å². The first kappa shape index (κ1) is 15.9. The summed E-state index contributed by atoms with van der Waals surface area (Å²) in [6.45, 7) is 4.47. The van der Waals surface area contributed by atoms with Gasteiger partial charge >= 0.3 is 5.97 Å². The third kappa shape index (κ3) is 4.77. The first-order valence-electron chi connectivity index (χ1n) is 6.03. The Morgan fingerprint density at radius 3 is 2.53 bits per heavy atom. The number of aryl methyl sites for hydroxylation is 1. The van der Waals surface area contributed by atoms with Crippen molar-refractivity contribution in [3.05, 3.63) is 10.6 Å². The molecule has 0 fully saturated rings. The van der Waals surface area contributed by atoms with E-state index in [0.29, 0.717) is 19.8 Å². The van der Waals surface area contributed by atoms with Crippen LogP contribution in [0.1, 0.15) is 21.8 Å². The maximum Gasteiger partial charge on any atom is 0.355 e. The number of aromatic carboxylic acids is 1. The van der Waals surface area contributed by atoms with E-state index in [0.717, 1.165) is 23.0 Å². The molecule has 0 bridgehead atoms. The van der Waals surface area contributed by atoms with E-state index in [4.69, 9.17) is 14.6 Å². The van der Waals surface area contributed by atoms with Gasteiger partial charge in [-0.2, -0.15) is 0 Å². The van der Waals surface area contributed by atoms with Gasteiger partial charge in [0.05, 0.1) is 6.61 Å². The first-order chi connectivity index (χ1) is 9.10. The van der Waals surface area contributed by atoms with Gasteiger partial charge in [0, 0.05) is 38.8 Å². The molecule has 1 aromatic rings. The Morgan fingerprint density at radius 2 is 2.00 bits per heavy atom. The minimum Gasteiger partial charge on any atom is -0.476 e. The molecule has 0 aliphatic heterocycles. The quantitative estimate of drug-likeness (QED) is 0.696. The summed E-state index contributed by atoms with van der Waals surface area (Å²) >= 11 is 1.40. The average Bonchev–Trinajstić information content (AvgIpc) is 2.76. The molecule has 108 valence electrons. The van der Waals surface area contributed by atoms with Crippen molar-refractivity contribution in [2.75, 3.05) is 45.4 Å². The summed E-state index contributed by atoms with van der Waals surface area (Å²) in [5.74, 6) is -0.983. The molecule has 19 heavy (non-hydrogen) atoms. The normalized spacial score (nSPS) is 10.7. The Hall–Kier alpha value is -1.18. The lowest BCUT2D eigenvalue weighted by molar-refractivity contribution is 0.0690. The summed E-state index contributed by atoms with van der Waals surface area (Å²) in [6.07, 6.45) is 0.862. The zero-order valence-corrected chi connectivity index (χ0v) is 12.3. The highest BCUT2D eigenvalue weighted by molar-refractivity contribution is 7.15. The van der Waals surface area contributed by atoms with Gasteiger partial charge in [-0.05, 0) is 13.3 Å². The van der Waals surface area contributed by atoms with Crippen molar-refractivity contribution in [3.8, 4) is 0 Å². The lowest BCUT2D eigenvalue weighted by atomic mass is 10.4. The molecule has 0 aromatic carbocycles. The zero-order valence-electron chi connectivity index (χ0n) is 11.5. The smallest absolute Gasteiger partial charge is 0.355 e. The Morgan fingerprint density at radius 1 is 1.32 bits per heavy atom. The summed E-state index contributed by atoms with van der Waals surface area (Å²) < 4.78 is 10.1. The van der Waals surface area contributed by atoms with Gasteiger partial charge in [-0.15, -0.1) is 11.3 Å². The first-order valence-corrected chi connectivity index (χ1v) is 6.85. The maximum atomic E-state index is 11.0.